The van der Waals surface area contributed by atoms with Gasteiger partial charge in [0.1, 0.15) is 5.82 Å². The number of ether oxygens (including phenoxy) is 1. The van der Waals surface area contributed by atoms with Gasteiger partial charge in [0.15, 0.2) is 0 Å². The van der Waals surface area contributed by atoms with Gasteiger partial charge in [-0.3, -0.25) is 0 Å². The number of hydrogen-bond donors (Lipinski definition) is 1. The maximum Gasteiger partial charge on any atom is 0.127 e. The number of nitrogens with one attached hydrogen (secondary N) is 1. The van der Waals surface area contributed by atoms with Gasteiger partial charge in [0.2, 0.25) is 0 Å². The Hall–Kier alpha value is -0.610. The van der Waals surface area contributed by atoms with Crippen LogP contribution in [0.3, 0.4) is 0 Å². The molecule has 0 radical (unpaired) electrons. The Morgan fingerprint density at radius 2 is 2.46 bits per heavy atom. The molecule has 1 N–H and O–H groups in total. The van der Waals surface area contributed by atoms with Crippen LogP contribution in [-0.2, 0) is 4.74 Å². The van der Waals surface area contributed by atoms with E-state index in [1.165, 1.54) is 0 Å². The van der Waals surface area contributed by atoms with E-state index >= 15 is 0 Å². The lowest BCUT2D eigenvalue weighted by molar-refractivity contribution is 0.190. The molecule has 3 nitrogen and oxygen atoms in total. The van der Waals surface area contributed by atoms with Gasteiger partial charge in [-0.2, -0.15) is 0 Å². The number of nitrogens with zero attached hydrogens (tertiary/aromatic N) is 1. The Morgan fingerprint density at radius 3 is 3.08 bits per heavy atom. The number of aromatic nitrogens is 1. The third-order valence-corrected chi connectivity index (χ3v) is 2.03. The van der Waals surface area contributed by atoms with Gasteiger partial charge in [-0.05, 0) is 19.1 Å². The lowest BCUT2D eigenvalue weighted by Gasteiger charge is -2.12. The Kier molecular flexibility index (Phi) is 4.18. The van der Waals surface area contributed by atoms with E-state index < -0.39 is 0 Å². The zero-order chi connectivity index (χ0) is 9.68. The average molecular weight is 245 g/mol. The molecule has 1 unspecified atom stereocenters. The van der Waals surface area contributed by atoms with E-state index in [0.29, 0.717) is 6.61 Å². The summed E-state index contributed by atoms with van der Waals surface area (Å²) in [6.45, 7) is 2.72. The molecule has 0 aliphatic carbocycles. The van der Waals surface area contributed by atoms with Crippen LogP contribution in [0, 0.1) is 0 Å². The molecule has 0 saturated carbocycles. The highest BCUT2D eigenvalue weighted by Gasteiger charge is 2.01. The molecule has 0 spiro atoms. The molecule has 0 aliphatic heterocycles. The summed E-state index contributed by atoms with van der Waals surface area (Å²) in [4.78, 5) is 4.17. The van der Waals surface area contributed by atoms with E-state index in [1.807, 2.05) is 19.1 Å². The standard InChI is InChI=1S/C9H13BrN2O/c1-7(6-13-2)12-9-5-8(10)3-4-11-9/h3-5,7H,6H2,1-2H3,(H,11,12). The summed E-state index contributed by atoms with van der Waals surface area (Å²) in [6.07, 6.45) is 1.76. The molecule has 1 heterocycles. The number of halogens is 1. The maximum absolute atomic E-state index is 5.00. The van der Waals surface area contributed by atoms with Crippen molar-refractivity contribution in [2.45, 2.75) is 13.0 Å². The monoisotopic (exact) mass is 244 g/mol. The molecule has 0 fully saturated rings. The van der Waals surface area contributed by atoms with Gasteiger partial charge in [0, 0.05) is 23.8 Å². The van der Waals surface area contributed by atoms with Gasteiger partial charge in [-0.25, -0.2) is 4.98 Å². The van der Waals surface area contributed by atoms with Crippen LogP contribution >= 0.6 is 15.9 Å². The fraction of sp³-hybridized carbons (Fsp3) is 0.444. The molecule has 4 heteroatoms. The quantitative estimate of drug-likeness (QED) is 0.883. The van der Waals surface area contributed by atoms with Crippen molar-refractivity contribution in [2.24, 2.45) is 0 Å². The fourth-order valence-electron chi connectivity index (χ4n) is 1.03. The number of anilines is 1. The molecule has 1 aromatic heterocycles. The SMILES string of the molecule is COCC(C)Nc1cc(Br)ccn1. The predicted molar refractivity (Wildman–Crippen MR) is 56.9 cm³/mol. The van der Waals surface area contributed by atoms with Crippen molar-refractivity contribution in [1.82, 2.24) is 4.98 Å². The zero-order valence-electron chi connectivity index (χ0n) is 7.75. The predicted octanol–water partition coefficient (Wildman–Crippen LogP) is 2.29. The summed E-state index contributed by atoms with van der Waals surface area (Å²) in [5, 5.41) is 3.22. The number of pyridine rings is 1. The highest BCUT2D eigenvalue weighted by Crippen LogP contribution is 2.13. The third-order valence-electron chi connectivity index (χ3n) is 1.53. The highest BCUT2D eigenvalue weighted by atomic mass is 79.9. The van der Waals surface area contributed by atoms with Crippen molar-refractivity contribution in [2.75, 3.05) is 19.0 Å². The van der Waals surface area contributed by atoms with Crippen LogP contribution in [0.2, 0.25) is 0 Å². The van der Waals surface area contributed by atoms with Gasteiger partial charge in [0.05, 0.1) is 6.61 Å². The van der Waals surface area contributed by atoms with Crippen LogP contribution in [0.5, 0.6) is 0 Å². The summed E-state index contributed by atoms with van der Waals surface area (Å²) < 4.78 is 6.03. The van der Waals surface area contributed by atoms with Crippen molar-refractivity contribution in [3.05, 3.63) is 22.8 Å². The molecule has 1 aromatic rings. The van der Waals surface area contributed by atoms with Crippen LogP contribution < -0.4 is 5.32 Å². The van der Waals surface area contributed by atoms with Crippen molar-refractivity contribution >= 4 is 21.7 Å². The first-order chi connectivity index (χ1) is 6.22. The summed E-state index contributed by atoms with van der Waals surface area (Å²) >= 11 is 3.38. The molecule has 0 bridgehead atoms. The summed E-state index contributed by atoms with van der Waals surface area (Å²) in [5.41, 5.74) is 0. The fourth-order valence-corrected chi connectivity index (χ4v) is 1.36. The van der Waals surface area contributed by atoms with Crippen LogP contribution in [-0.4, -0.2) is 24.7 Å². The van der Waals surface area contributed by atoms with Gasteiger partial charge < -0.3 is 10.1 Å². The van der Waals surface area contributed by atoms with Gasteiger partial charge in [-0.1, -0.05) is 15.9 Å². The zero-order valence-corrected chi connectivity index (χ0v) is 9.34. The average Bonchev–Trinajstić information content (AvgIpc) is 2.04. The molecular weight excluding hydrogens is 232 g/mol. The maximum atomic E-state index is 5.00. The molecule has 1 atom stereocenters. The Bertz CT molecular complexity index is 268. The van der Waals surface area contributed by atoms with Crippen molar-refractivity contribution < 1.29 is 4.74 Å². The second-order valence-electron chi connectivity index (χ2n) is 2.86. The minimum atomic E-state index is 0.270. The van der Waals surface area contributed by atoms with E-state index in [2.05, 4.69) is 26.2 Å². The molecule has 13 heavy (non-hydrogen) atoms. The van der Waals surface area contributed by atoms with Crippen LogP contribution in [0.1, 0.15) is 6.92 Å². The van der Waals surface area contributed by atoms with E-state index in [-0.39, 0.29) is 6.04 Å². The van der Waals surface area contributed by atoms with E-state index in [4.69, 9.17) is 4.74 Å². The van der Waals surface area contributed by atoms with Crippen molar-refractivity contribution in [3.63, 3.8) is 0 Å². The first kappa shape index (κ1) is 10.5. The Morgan fingerprint density at radius 1 is 1.69 bits per heavy atom. The molecule has 1 rings (SSSR count). The molecule has 0 aromatic carbocycles. The Balaban J connectivity index is 2.53. The van der Waals surface area contributed by atoms with Crippen molar-refractivity contribution in [3.8, 4) is 0 Å². The van der Waals surface area contributed by atoms with Gasteiger partial charge in [-0.15, -0.1) is 0 Å². The second-order valence-corrected chi connectivity index (χ2v) is 3.78. The van der Waals surface area contributed by atoms with Crippen LogP contribution in [0.4, 0.5) is 5.82 Å². The normalized spacial score (nSPS) is 12.5. The van der Waals surface area contributed by atoms with E-state index in [9.17, 15) is 0 Å². The Labute approximate surface area is 86.6 Å². The molecule has 0 saturated heterocycles. The largest absolute Gasteiger partial charge is 0.383 e. The molecule has 72 valence electrons. The van der Waals surface area contributed by atoms with Crippen LogP contribution in [0.15, 0.2) is 22.8 Å². The number of hydrogen-bond acceptors (Lipinski definition) is 3. The van der Waals surface area contributed by atoms with Gasteiger partial charge in [0.25, 0.3) is 0 Å². The summed E-state index contributed by atoms with van der Waals surface area (Å²) in [7, 11) is 1.69. The molecular formula is C9H13BrN2O. The highest BCUT2D eigenvalue weighted by molar-refractivity contribution is 9.10. The van der Waals surface area contributed by atoms with Crippen molar-refractivity contribution in [1.29, 1.82) is 0 Å². The number of rotatable bonds is 4. The second kappa shape index (κ2) is 5.19. The number of methoxy groups -OCH3 is 1. The minimum absolute atomic E-state index is 0.270. The topological polar surface area (TPSA) is 34.1 Å². The van der Waals surface area contributed by atoms with Gasteiger partial charge >= 0.3 is 0 Å². The van der Waals surface area contributed by atoms with Crippen LogP contribution in [0.25, 0.3) is 0 Å². The van der Waals surface area contributed by atoms with E-state index in [1.54, 1.807) is 13.3 Å². The smallest absolute Gasteiger partial charge is 0.127 e. The molecule has 0 amide bonds. The first-order valence-electron chi connectivity index (χ1n) is 4.09. The van der Waals surface area contributed by atoms with E-state index in [0.717, 1.165) is 10.3 Å². The summed E-state index contributed by atoms with van der Waals surface area (Å²) in [5.74, 6) is 0.860. The lowest BCUT2D eigenvalue weighted by Crippen LogP contribution is -2.21. The lowest BCUT2D eigenvalue weighted by atomic mass is 10.3. The summed E-state index contributed by atoms with van der Waals surface area (Å²) in [6, 6.07) is 4.10. The first-order valence-corrected chi connectivity index (χ1v) is 4.88. The minimum Gasteiger partial charge on any atom is -0.383 e. The third kappa shape index (κ3) is 3.74. The molecule has 0 aliphatic rings.